The number of rotatable bonds is 1. The Bertz CT molecular complexity index is 213. The average Bonchev–Trinajstić information content (AvgIpc) is 1.95. The van der Waals surface area contributed by atoms with Crippen LogP contribution in [0.15, 0.2) is 23.5 Å². The third-order valence-corrected chi connectivity index (χ3v) is 1.35. The maximum Gasteiger partial charge on any atom is 0.219 e. The van der Waals surface area contributed by atoms with Crippen LogP contribution < -0.4 is 0 Å². The van der Waals surface area contributed by atoms with E-state index in [2.05, 4.69) is 0 Å². The van der Waals surface area contributed by atoms with Gasteiger partial charge in [0.05, 0.1) is 6.61 Å². The number of aliphatic hydroxyl groups excluding tert-OH is 2. The van der Waals surface area contributed by atoms with Gasteiger partial charge in [-0.05, 0) is 24.1 Å². The van der Waals surface area contributed by atoms with Crippen LogP contribution in [0.4, 0.5) is 0 Å². The summed E-state index contributed by atoms with van der Waals surface area (Å²) in [6.45, 7) is -0.116. The van der Waals surface area contributed by atoms with Gasteiger partial charge >= 0.3 is 0 Å². The molecule has 0 atom stereocenters. The molecule has 0 fully saturated rings. The molecule has 0 bridgehead atoms. The normalized spacial score (nSPS) is 18.3. The van der Waals surface area contributed by atoms with E-state index in [1.807, 2.05) is 0 Å². The maximum absolute atomic E-state index is 10.7. The van der Waals surface area contributed by atoms with Gasteiger partial charge in [-0.25, -0.2) is 0 Å². The number of carbonyl (C=O) groups is 1. The van der Waals surface area contributed by atoms with E-state index in [4.69, 9.17) is 10.2 Å². The van der Waals surface area contributed by atoms with Crippen LogP contribution in [-0.2, 0) is 4.79 Å². The minimum atomic E-state index is -0.421. The van der Waals surface area contributed by atoms with E-state index in [0.717, 1.165) is 0 Å². The molecule has 0 saturated heterocycles. The fraction of sp³-hybridized carbons (Fsp3) is 0.286. The van der Waals surface area contributed by atoms with Gasteiger partial charge in [-0.1, -0.05) is 0 Å². The Morgan fingerprint density at radius 1 is 1.60 bits per heavy atom. The number of carbonyl (C=O) groups excluding carboxylic acids is 1. The van der Waals surface area contributed by atoms with Crippen LogP contribution >= 0.6 is 0 Å². The van der Waals surface area contributed by atoms with E-state index in [1.54, 1.807) is 0 Å². The zero-order chi connectivity index (χ0) is 7.56. The van der Waals surface area contributed by atoms with Crippen molar-refractivity contribution in [3.8, 4) is 0 Å². The first-order chi connectivity index (χ1) is 4.74. The quantitative estimate of drug-likeness (QED) is 0.551. The average molecular weight is 140 g/mol. The van der Waals surface area contributed by atoms with Crippen LogP contribution in [0.25, 0.3) is 0 Å². The molecule has 0 saturated carbocycles. The van der Waals surface area contributed by atoms with E-state index in [-0.39, 0.29) is 12.4 Å². The van der Waals surface area contributed by atoms with Crippen molar-refractivity contribution < 1.29 is 15.0 Å². The summed E-state index contributed by atoms with van der Waals surface area (Å²) in [5.41, 5.74) is 0.641. The number of ketones is 1. The van der Waals surface area contributed by atoms with Crippen LogP contribution in [0, 0.1) is 0 Å². The highest BCUT2D eigenvalue weighted by Gasteiger charge is 2.10. The third kappa shape index (κ3) is 1.25. The van der Waals surface area contributed by atoms with Gasteiger partial charge in [0.25, 0.3) is 0 Å². The summed E-state index contributed by atoms with van der Waals surface area (Å²) in [6.07, 6.45) is 3.12. The minimum Gasteiger partial charge on any atom is -0.504 e. The number of allylic oxidation sites excluding steroid dienone is 2. The molecule has 0 aromatic heterocycles. The summed E-state index contributed by atoms with van der Waals surface area (Å²) in [5, 5.41) is 17.3. The van der Waals surface area contributed by atoms with Crippen LogP contribution in [-0.4, -0.2) is 22.6 Å². The highest BCUT2D eigenvalue weighted by atomic mass is 16.3. The molecule has 0 radical (unpaired) electrons. The van der Waals surface area contributed by atoms with Gasteiger partial charge in [-0.3, -0.25) is 4.79 Å². The molecule has 0 aliphatic heterocycles. The molecular formula is C7H8O3. The molecule has 0 aromatic rings. The molecule has 1 aliphatic carbocycles. The molecule has 54 valence electrons. The van der Waals surface area contributed by atoms with Crippen molar-refractivity contribution in [1.82, 2.24) is 0 Å². The van der Waals surface area contributed by atoms with Gasteiger partial charge in [-0.2, -0.15) is 0 Å². The zero-order valence-corrected chi connectivity index (χ0v) is 5.37. The van der Waals surface area contributed by atoms with Crippen molar-refractivity contribution in [1.29, 1.82) is 0 Å². The van der Waals surface area contributed by atoms with Crippen LogP contribution in [0.5, 0.6) is 0 Å². The minimum absolute atomic E-state index is 0.116. The Labute approximate surface area is 58.3 Å². The Hall–Kier alpha value is -1.09. The lowest BCUT2D eigenvalue weighted by atomic mass is 10.1. The highest BCUT2D eigenvalue weighted by molar-refractivity contribution is 6.03. The molecule has 0 unspecified atom stereocenters. The second-order valence-corrected chi connectivity index (χ2v) is 2.12. The predicted molar refractivity (Wildman–Crippen MR) is 35.5 cm³/mol. The molecule has 3 nitrogen and oxygen atoms in total. The summed E-state index contributed by atoms with van der Waals surface area (Å²) >= 11 is 0. The van der Waals surface area contributed by atoms with Crippen LogP contribution in [0.3, 0.4) is 0 Å². The standard InChI is InChI=1S/C7H8O3/c8-4-5-1-2-6(9)7(10)3-5/h2-3,8-9H,1,4H2. The van der Waals surface area contributed by atoms with Crippen molar-refractivity contribution >= 4 is 5.78 Å². The van der Waals surface area contributed by atoms with Gasteiger partial charge < -0.3 is 10.2 Å². The number of hydrogen-bond donors (Lipinski definition) is 2. The van der Waals surface area contributed by atoms with E-state index >= 15 is 0 Å². The molecule has 0 spiro atoms. The number of aliphatic hydroxyl groups is 2. The molecule has 2 N–H and O–H groups in total. The summed E-state index contributed by atoms with van der Waals surface area (Å²) < 4.78 is 0. The first kappa shape index (κ1) is 7.02. The lowest BCUT2D eigenvalue weighted by molar-refractivity contribution is -0.113. The van der Waals surface area contributed by atoms with Crippen molar-refractivity contribution in [2.24, 2.45) is 0 Å². The fourth-order valence-corrected chi connectivity index (χ4v) is 0.757. The van der Waals surface area contributed by atoms with E-state index < -0.39 is 5.78 Å². The third-order valence-electron chi connectivity index (χ3n) is 1.35. The monoisotopic (exact) mass is 140 g/mol. The van der Waals surface area contributed by atoms with Gasteiger partial charge in [0.1, 0.15) is 0 Å². The highest BCUT2D eigenvalue weighted by Crippen LogP contribution is 2.11. The molecule has 0 heterocycles. The molecule has 1 rings (SSSR count). The summed E-state index contributed by atoms with van der Waals surface area (Å²) in [5.74, 6) is -0.646. The molecular weight excluding hydrogens is 132 g/mol. The smallest absolute Gasteiger partial charge is 0.219 e. The van der Waals surface area contributed by atoms with E-state index in [9.17, 15) is 4.79 Å². The van der Waals surface area contributed by atoms with E-state index in [1.165, 1.54) is 12.2 Å². The Morgan fingerprint density at radius 2 is 2.30 bits per heavy atom. The lowest BCUT2D eigenvalue weighted by Crippen LogP contribution is -2.06. The van der Waals surface area contributed by atoms with Gasteiger partial charge in [0, 0.05) is 0 Å². The largest absolute Gasteiger partial charge is 0.504 e. The molecule has 3 heteroatoms. The Kier molecular flexibility index (Phi) is 1.87. The van der Waals surface area contributed by atoms with Crippen LogP contribution in [0.2, 0.25) is 0 Å². The van der Waals surface area contributed by atoms with Crippen molar-refractivity contribution in [2.75, 3.05) is 6.61 Å². The molecule has 0 amide bonds. The summed E-state index contributed by atoms with van der Waals surface area (Å²) in [6, 6.07) is 0. The first-order valence-electron chi connectivity index (χ1n) is 2.98. The van der Waals surface area contributed by atoms with Gasteiger partial charge in [0.2, 0.25) is 5.78 Å². The SMILES string of the molecule is O=C1C=C(CO)CC=C1O. The molecule has 1 aliphatic rings. The second-order valence-electron chi connectivity index (χ2n) is 2.12. The number of hydrogen-bond acceptors (Lipinski definition) is 3. The summed E-state index contributed by atoms with van der Waals surface area (Å²) in [7, 11) is 0. The lowest BCUT2D eigenvalue weighted by Gasteiger charge is -2.05. The maximum atomic E-state index is 10.7. The van der Waals surface area contributed by atoms with Crippen molar-refractivity contribution in [3.63, 3.8) is 0 Å². The Morgan fingerprint density at radius 3 is 2.80 bits per heavy atom. The van der Waals surface area contributed by atoms with Gasteiger partial charge in [0.15, 0.2) is 5.76 Å². The van der Waals surface area contributed by atoms with E-state index in [0.29, 0.717) is 12.0 Å². The van der Waals surface area contributed by atoms with Gasteiger partial charge in [-0.15, -0.1) is 0 Å². The van der Waals surface area contributed by atoms with Crippen molar-refractivity contribution in [2.45, 2.75) is 6.42 Å². The first-order valence-corrected chi connectivity index (χ1v) is 2.98. The second kappa shape index (κ2) is 2.66. The molecule has 0 aromatic carbocycles. The van der Waals surface area contributed by atoms with Crippen LogP contribution in [0.1, 0.15) is 6.42 Å². The Balaban J connectivity index is 2.74. The molecule has 10 heavy (non-hydrogen) atoms. The predicted octanol–water partition coefficient (Wildman–Crippen LogP) is 0.320. The fourth-order valence-electron chi connectivity index (χ4n) is 0.757. The van der Waals surface area contributed by atoms with Crippen molar-refractivity contribution in [3.05, 3.63) is 23.5 Å². The summed E-state index contributed by atoms with van der Waals surface area (Å²) in [4.78, 5) is 10.7. The topological polar surface area (TPSA) is 57.5 Å². The zero-order valence-electron chi connectivity index (χ0n) is 5.37.